The molecule has 0 radical (unpaired) electrons. The fourth-order valence-electron chi connectivity index (χ4n) is 4.76. The summed E-state index contributed by atoms with van der Waals surface area (Å²) in [5.74, 6) is -1.46. The number of carbonyl (C=O) groups excluding carboxylic acids is 3. The van der Waals surface area contributed by atoms with Crippen LogP contribution >= 0.6 is 0 Å². The number of fused-ring (bicyclic) bond motifs is 1. The zero-order valence-electron chi connectivity index (χ0n) is 20.3. The molecule has 8 nitrogen and oxygen atoms in total. The van der Waals surface area contributed by atoms with Gasteiger partial charge in [-0.15, -0.1) is 0 Å². The third kappa shape index (κ3) is 4.36. The molecule has 1 aliphatic carbocycles. The van der Waals surface area contributed by atoms with Gasteiger partial charge in [-0.2, -0.15) is 0 Å². The number of amides is 3. The molecule has 2 N–H and O–H groups in total. The Bertz CT molecular complexity index is 1330. The van der Waals surface area contributed by atoms with E-state index < -0.39 is 11.4 Å². The molecule has 1 saturated carbocycles. The van der Waals surface area contributed by atoms with Gasteiger partial charge in [0, 0.05) is 19.1 Å². The number of aromatic nitrogens is 2. The number of hydrogen-bond acceptors (Lipinski definition) is 4. The standard InChI is InChI=1S/C27H28FN5O3/c1-17-5-3-4-6-19(17)14-29-24(34)22-23-25(35)33(21-11-12-21)27(2,15-32(23)16-31-22)26(36)30-13-18-7-9-20(28)10-8-18/h3-10,16,21H,11-15H2,1-2H3,(H,29,34)(H,30,36)/t27-/m1/s1. The van der Waals surface area contributed by atoms with Crippen LogP contribution in [0.1, 0.15) is 57.4 Å². The number of nitrogens with one attached hydrogen (secondary N) is 2. The van der Waals surface area contributed by atoms with Crippen molar-refractivity contribution in [2.24, 2.45) is 0 Å². The van der Waals surface area contributed by atoms with Gasteiger partial charge >= 0.3 is 0 Å². The van der Waals surface area contributed by atoms with Crippen LogP contribution in [0.5, 0.6) is 0 Å². The van der Waals surface area contributed by atoms with Crippen molar-refractivity contribution < 1.29 is 18.8 Å². The van der Waals surface area contributed by atoms with E-state index in [9.17, 15) is 18.8 Å². The number of carbonyl (C=O) groups is 3. The Morgan fingerprint density at radius 2 is 1.81 bits per heavy atom. The predicted molar refractivity (Wildman–Crippen MR) is 130 cm³/mol. The Morgan fingerprint density at radius 1 is 1.08 bits per heavy atom. The average Bonchev–Trinajstić information content (AvgIpc) is 3.60. The Hall–Kier alpha value is -4.01. The SMILES string of the molecule is Cc1ccccc1CNC(=O)c1ncn2c1C(=O)N(C1CC1)[C@@](C)(C(=O)NCc1ccc(F)cc1)C2. The Balaban J connectivity index is 1.36. The normalized spacial score (nSPS) is 19.1. The van der Waals surface area contributed by atoms with Crippen LogP contribution in [0, 0.1) is 12.7 Å². The molecule has 1 aromatic heterocycles. The van der Waals surface area contributed by atoms with Crippen LogP contribution in [-0.4, -0.2) is 43.8 Å². The van der Waals surface area contributed by atoms with Crippen molar-refractivity contribution in [2.75, 3.05) is 0 Å². The lowest BCUT2D eigenvalue weighted by Gasteiger charge is -2.44. The van der Waals surface area contributed by atoms with Gasteiger partial charge in [-0.05, 0) is 55.5 Å². The second kappa shape index (κ2) is 9.22. The Kier molecular flexibility index (Phi) is 6.07. The van der Waals surface area contributed by atoms with Crippen LogP contribution < -0.4 is 10.6 Å². The lowest BCUT2D eigenvalue weighted by atomic mass is 9.93. The van der Waals surface area contributed by atoms with Crippen molar-refractivity contribution in [3.63, 3.8) is 0 Å². The smallest absolute Gasteiger partial charge is 0.274 e. The van der Waals surface area contributed by atoms with E-state index in [4.69, 9.17) is 0 Å². The molecule has 0 spiro atoms. The Labute approximate surface area is 208 Å². The minimum atomic E-state index is -1.15. The molecular weight excluding hydrogens is 461 g/mol. The number of hydrogen-bond donors (Lipinski definition) is 2. The van der Waals surface area contributed by atoms with Gasteiger partial charge < -0.3 is 20.1 Å². The minimum Gasteiger partial charge on any atom is -0.350 e. The molecule has 1 fully saturated rings. The summed E-state index contributed by atoms with van der Waals surface area (Å²) < 4.78 is 14.8. The van der Waals surface area contributed by atoms with E-state index in [1.54, 1.807) is 28.5 Å². The molecular formula is C27H28FN5O3. The van der Waals surface area contributed by atoms with Gasteiger partial charge in [0.05, 0.1) is 12.9 Å². The highest BCUT2D eigenvalue weighted by Crippen LogP contribution is 2.38. The molecule has 5 rings (SSSR count). The summed E-state index contributed by atoms with van der Waals surface area (Å²) in [6.07, 6.45) is 3.05. The first-order chi connectivity index (χ1) is 17.3. The number of halogens is 1. The summed E-state index contributed by atoms with van der Waals surface area (Å²) in [7, 11) is 0. The fraction of sp³-hybridized carbons (Fsp3) is 0.333. The maximum absolute atomic E-state index is 13.7. The molecule has 186 valence electrons. The van der Waals surface area contributed by atoms with Gasteiger partial charge in [-0.3, -0.25) is 14.4 Å². The summed E-state index contributed by atoms with van der Waals surface area (Å²) in [6.45, 7) is 4.42. The van der Waals surface area contributed by atoms with Crippen LogP contribution in [0.15, 0.2) is 54.9 Å². The second-order valence-corrected chi connectivity index (χ2v) is 9.67. The third-order valence-corrected chi connectivity index (χ3v) is 6.95. The molecule has 0 saturated heterocycles. The van der Waals surface area contributed by atoms with E-state index in [2.05, 4.69) is 15.6 Å². The van der Waals surface area contributed by atoms with Crippen molar-refractivity contribution in [3.8, 4) is 0 Å². The van der Waals surface area contributed by atoms with Crippen molar-refractivity contribution in [3.05, 3.63) is 88.8 Å². The zero-order chi connectivity index (χ0) is 25.4. The van der Waals surface area contributed by atoms with Gasteiger partial charge in [0.2, 0.25) is 5.91 Å². The van der Waals surface area contributed by atoms with Crippen molar-refractivity contribution in [2.45, 2.75) is 57.9 Å². The summed E-state index contributed by atoms with van der Waals surface area (Å²) in [5.41, 5.74) is 1.91. The topological polar surface area (TPSA) is 96.3 Å². The lowest BCUT2D eigenvalue weighted by molar-refractivity contribution is -0.133. The van der Waals surface area contributed by atoms with E-state index in [0.717, 1.165) is 29.5 Å². The number of aryl methyl sites for hydroxylation is 1. The molecule has 1 aliphatic heterocycles. The number of benzene rings is 2. The zero-order valence-corrected chi connectivity index (χ0v) is 20.3. The maximum Gasteiger partial charge on any atom is 0.274 e. The average molecular weight is 490 g/mol. The molecule has 9 heteroatoms. The molecule has 2 aromatic carbocycles. The highest BCUT2D eigenvalue weighted by Gasteiger charge is 2.53. The number of nitrogens with zero attached hydrogens (tertiary/aromatic N) is 3. The van der Waals surface area contributed by atoms with E-state index in [-0.39, 0.29) is 48.2 Å². The molecule has 2 aliphatic rings. The summed E-state index contributed by atoms with van der Waals surface area (Å²) in [5, 5.41) is 5.76. The number of imidazole rings is 1. The largest absolute Gasteiger partial charge is 0.350 e. The highest BCUT2D eigenvalue weighted by molar-refractivity contribution is 6.07. The first-order valence-corrected chi connectivity index (χ1v) is 12.0. The van der Waals surface area contributed by atoms with Crippen LogP contribution in [0.4, 0.5) is 4.39 Å². The van der Waals surface area contributed by atoms with Crippen LogP contribution in [0.25, 0.3) is 0 Å². The molecule has 0 unspecified atom stereocenters. The quantitative estimate of drug-likeness (QED) is 0.533. The molecule has 36 heavy (non-hydrogen) atoms. The van der Waals surface area contributed by atoms with E-state index in [1.165, 1.54) is 18.5 Å². The first kappa shape index (κ1) is 23.7. The van der Waals surface area contributed by atoms with Gasteiger partial charge in [-0.1, -0.05) is 36.4 Å². The van der Waals surface area contributed by atoms with E-state index >= 15 is 0 Å². The molecule has 1 atom stereocenters. The Morgan fingerprint density at radius 3 is 2.50 bits per heavy atom. The second-order valence-electron chi connectivity index (χ2n) is 9.67. The van der Waals surface area contributed by atoms with Gasteiger partial charge in [-0.25, -0.2) is 9.37 Å². The van der Waals surface area contributed by atoms with Crippen LogP contribution in [0.2, 0.25) is 0 Å². The summed E-state index contributed by atoms with van der Waals surface area (Å²) >= 11 is 0. The summed E-state index contributed by atoms with van der Waals surface area (Å²) in [6, 6.07) is 13.6. The monoisotopic (exact) mass is 489 g/mol. The van der Waals surface area contributed by atoms with E-state index in [1.807, 2.05) is 31.2 Å². The lowest BCUT2D eigenvalue weighted by Crippen LogP contribution is -2.64. The predicted octanol–water partition coefficient (Wildman–Crippen LogP) is 2.95. The van der Waals surface area contributed by atoms with Crippen LogP contribution in [0.3, 0.4) is 0 Å². The molecule has 0 bridgehead atoms. The molecule has 3 amide bonds. The van der Waals surface area contributed by atoms with Crippen molar-refractivity contribution in [1.82, 2.24) is 25.1 Å². The third-order valence-electron chi connectivity index (χ3n) is 6.95. The fourth-order valence-corrected chi connectivity index (χ4v) is 4.76. The summed E-state index contributed by atoms with van der Waals surface area (Å²) in [4.78, 5) is 46.0. The molecule has 3 aromatic rings. The van der Waals surface area contributed by atoms with Crippen molar-refractivity contribution >= 4 is 17.7 Å². The highest BCUT2D eigenvalue weighted by atomic mass is 19.1. The first-order valence-electron chi connectivity index (χ1n) is 12.0. The van der Waals surface area contributed by atoms with Crippen molar-refractivity contribution in [1.29, 1.82) is 0 Å². The minimum absolute atomic E-state index is 0.0630. The van der Waals surface area contributed by atoms with E-state index in [0.29, 0.717) is 6.54 Å². The maximum atomic E-state index is 13.7. The van der Waals surface area contributed by atoms with Gasteiger partial charge in [0.1, 0.15) is 17.1 Å². The number of rotatable bonds is 7. The van der Waals surface area contributed by atoms with Gasteiger partial charge in [0.25, 0.3) is 11.8 Å². The van der Waals surface area contributed by atoms with Crippen LogP contribution in [-0.2, 0) is 24.4 Å². The molecule has 2 heterocycles. The van der Waals surface area contributed by atoms with Gasteiger partial charge in [0.15, 0.2) is 5.69 Å².